The molecule has 0 saturated heterocycles. The monoisotopic (exact) mass is 325 g/mol. The molecule has 2 aromatic rings. The number of aromatic nitrogens is 1. The van der Waals surface area contributed by atoms with Crippen molar-refractivity contribution in [2.75, 3.05) is 12.8 Å². The highest BCUT2D eigenvalue weighted by atomic mass is 32.2. The Hall–Kier alpha value is -1.44. The van der Waals surface area contributed by atoms with Gasteiger partial charge in [-0.1, -0.05) is 0 Å². The Labute approximate surface area is 129 Å². The Morgan fingerprint density at radius 3 is 2.52 bits per heavy atom. The van der Waals surface area contributed by atoms with Crippen molar-refractivity contribution >= 4 is 27.0 Å². The van der Waals surface area contributed by atoms with E-state index in [0.717, 1.165) is 21.0 Å². The third kappa shape index (κ3) is 3.25. The van der Waals surface area contributed by atoms with E-state index in [2.05, 4.69) is 4.98 Å². The fraction of sp³-hybridized carbons (Fsp3) is 0.357. The molecule has 1 aromatic carbocycles. The van der Waals surface area contributed by atoms with Gasteiger partial charge in [-0.2, -0.15) is 4.31 Å². The number of hydrogen-bond acceptors (Lipinski definition) is 5. The molecule has 7 heteroatoms. The summed E-state index contributed by atoms with van der Waals surface area (Å²) in [6.45, 7) is 5.86. The predicted octanol–water partition coefficient (Wildman–Crippen LogP) is 2.47. The zero-order valence-corrected chi connectivity index (χ0v) is 14.2. The van der Waals surface area contributed by atoms with E-state index < -0.39 is 10.0 Å². The van der Waals surface area contributed by atoms with E-state index in [1.54, 1.807) is 26.2 Å². The van der Waals surface area contributed by atoms with E-state index in [9.17, 15) is 8.42 Å². The van der Waals surface area contributed by atoms with Gasteiger partial charge in [0.05, 0.1) is 9.90 Å². The number of sulfonamides is 1. The van der Waals surface area contributed by atoms with Crippen LogP contribution in [-0.4, -0.2) is 24.8 Å². The lowest BCUT2D eigenvalue weighted by atomic mass is 10.1. The third-order valence-electron chi connectivity index (χ3n) is 3.38. The van der Waals surface area contributed by atoms with Crippen LogP contribution in [0.1, 0.15) is 21.0 Å². The van der Waals surface area contributed by atoms with E-state index in [-0.39, 0.29) is 4.90 Å². The van der Waals surface area contributed by atoms with Crippen LogP contribution < -0.4 is 5.73 Å². The Balaban J connectivity index is 2.37. The highest BCUT2D eigenvalue weighted by Crippen LogP contribution is 2.26. The third-order valence-corrected chi connectivity index (χ3v) is 6.21. The maximum Gasteiger partial charge on any atom is 0.243 e. The van der Waals surface area contributed by atoms with Gasteiger partial charge in [-0.05, 0) is 44.0 Å². The minimum atomic E-state index is -3.57. The summed E-state index contributed by atoms with van der Waals surface area (Å²) in [5.74, 6) is 0. The highest BCUT2D eigenvalue weighted by molar-refractivity contribution is 7.89. The zero-order valence-electron chi connectivity index (χ0n) is 12.5. The van der Waals surface area contributed by atoms with Crippen LogP contribution in [0.15, 0.2) is 23.2 Å². The number of thiazole rings is 1. The first-order valence-electron chi connectivity index (χ1n) is 6.46. The van der Waals surface area contributed by atoms with Crippen molar-refractivity contribution in [3.63, 3.8) is 0 Å². The summed E-state index contributed by atoms with van der Waals surface area (Å²) in [6, 6.07) is 3.30. The van der Waals surface area contributed by atoms with Crippen LogP contribution in [0.2, 0.25) is 0 Å². The summed E-state index contributed by atoms with van der Waals surface area (Å²) in [4.78, 5) is 5.33. The number of aryl methyl sites for hydroxylation is 2. The van der Waals surface area contributed by atoms with Crippen LogP contribution in [0.3, 0.4) is 0 Å². The van der Waals surface area contributed by atoms with Gasteiger partial charge in [0.15, 0.2) is 0 Å². The van der Waals surface area contributed by atoms with E-state index in [0.29, 0.717) is 12.2 Å². The van der Waals surface area contributed by atoms with Crippen LogP contribution in [0.25, 0.3) is 0 Å². The first-order chi connectivity index (χ1) is 9.71. The van der Waals surface area contributed by atoms with Gasteiger partial charge in [-0.3, -0.25) is 0 Å². The quantitative estimate of drug-likeness (QED) is 0.876. The number of rotatable bonds is 4. The molecule has 2 rings (SSSR count). The smallest absolute Gasteiger partial charge is 0.243 e. The van der Waals surface area contributed by atoms with Crippen LogP contribution in [0, 0.1) is 20.8 Å². The van der Waals surface area contributed by atoms with Crippen LogP contribution in [0.5, 0.6) is 0 Å². The first kappa shape index (κ1) is 15.9. The Bertz CT molecular complexity index is 767. The molecular formula is C14H19N3O2S2. The molecule has 2 N–H and O–H groups in total. The molecule has 0 aliphatic rings. The summed E-state index contributed by atoms with van der Waals surface area (Å²) >= 11 is 1.50. The van der Waals surface area contributed by atoms with Gasteiger partial charge in [-0.15, -0.1) is 11.3 Å². The molecule has 21 heavy (non-hydrogen) atoms. The SMILES string of the molecule is Cc1ncc(CN(C)S(=O)(=O)c2cc(N)cc(C)c2C)s1. The topological polar surface area (TPSA) is 76.3 Å². The van der Waals surface area contributed by atoms with Crippen molar-refractivity contribution in [2.24, 2.45) is 0 Å². The average molecular weight is 325 g/mol. The van der Waals surface area contributed by atoms with Gasteiger partial charge in [0.1, 0.15) is 0 Å². The lowest BCUT2D eigenvalue weighted by Gasteiger charge is -2.19. The molecule has 114 valence electrons. The number of anilines is 1. The number of nitrogen functional groups attached to an aromatic ring is 1. The van der Waals surface area contributed by atoms with Gasteiger partial charge < -0.3 is 5.73 Å². The predicted molar refractivity (Wildman–Crippen MR) is 85.8 cm³/mol. The number of hydrogen-bond donors (Lipinski definition) is 1. The summed E-state index contributed by atoms with van der Waals surface area (Å²) in [7, 11) is -2.00. The van der Waals surface area contributed by atoms with Gasteiger partial charge in [-0.25, -0.2) is 13.4 Å². The standard InChI is InChI=1S/C14H19N3O2S2/c1-9-5-12(15)6-14(10(9)2)21(18,19)17(4)8-13-7-16-11(3)20-13/h5-7H,8,15H2,1-4H3. The van der Waals surface area contributed by atoms with Gasteiger partial charge in [0.25, 0.3) is 0 Å². The van der Waals surface area contributed by atoms with E-state index >= 15 is 0 Å². The molecule has 0 fully saturated rings. The minimum absolute atomic E-state index is 0.267. The van der Waals surface area contributed by atoms with E-state index in [1.807, 2.05) is 13.8 Å². The molecule has 5 nitrogen and oxygen atoms in total. The number of nitrogens with two attached hydrogens (primary N) is 1. The van der Waals surface area contributed by atoms with Crippen molar-refractivity contribution in [3.05, 3.63) is 39.3 Å². The second-order valence-electron chi connectivity index (χ2n) is 5.07. The molecule has 0 radical (unpaired) electrons. The van der Waals surface area contributed by atoms with E-state index in [1.165, 1.54) is 21.7 Å². The molecular weight excluding hydrogens is 306 g/mol. The summed E-state index contributed by atoms with van der Waals surface area (Å²) in [6.07, 6.45) is 1.71. The van der Waals surface area contributed by atoms with Gasteiger partial charge >= 0.3 is 0 Å². The van der Waals surface area contributed by atoms with Gasteiger partial charge in [0, 0.05) is 30.4 Å². The van der Waals surface area contributed by atoms with Crippen LogP contribution in [-0.2, 0) is 16.6 Å². The van der Waals surface area contributed by atoms with Crippen molar-refractivity contribution in [2.45, 2.75) is 32.2 Å². The van der Waals surface area contributed by atoms with Crippen LogP contribution in [0.4, 0.5) is 5.69 Å². The summed E-state index contributed by atoms with van der Waals surface area (Å²) < 4.78 is 26.8. The summed E-state index contributed by atoms with van der Waals surface area (Å²) in [5, 5.41) is 0.923. The summed E-state index contributed by atoms with van der Waals surface area (Å²) in [5.41, 5.74) is 7.85. The second kappa shape index (κ2) is 5.75. The van der Waals surface area contributed by atoms with Gasteiger partial charge in [0.2, 0.25) is 10.0 Å². The molecule has 0 aliphatic carbocycles. The molecule has 0 spiro atoms. The maximum atomic E-state index is 12.7. The lowest BCUT2D eigenvalue weighted by molar-refractivity contribution is 0.469. The second-order valence-corrected chi connectivity index (χ2v) is 8.40. The fourth-order valence-electron chi connectivity index (χ4n) is 2.07. The first-order valence-corrected chi connectivity index (χ1v) is 8.72. The zero-order chi connectivity index (χ0) is 15.8. The fourth-order valence-corrected chi connectivity index (χ4v) is 4.48. The largest absolute Gasteiger partial charge is 0.399 e. The number of nitrogens with zero attached hydrogens (tertiary/aromatic N) is 2. The average Bonchev–Trinajstić information content (AvgIpc) is 2.79. The minimum Gasteiger partial charge on any atom is -0.399 e. The molecule has 0 saturated carbocycles. The molecule has 1 heterocycles. The Morgan fingerprint density at radius 2 is 1.95 bits per heavy atom. The van der Waals surface area contributed by atoms with Crippen molar-refractivity contribution < 1.29 is 8.42 Å². The van der Waals surface area contributed by atoms with Crippen molar-refractivity contribution in [1.29, 1.82) is 0 Å². The molecule has 0 unspecified atom stereocenters. The van der Waals surface area contributed by atoms with Crippen LogP contribution >= 0.6 is 11.3 Å². The molecule has 1 aromatic heterocycles. The molecule has 0 aliphatic heterocycles. The Morgan fingerprint density at radius 1 is 1.29 bits per heavy atom. The lowest BCUT2D eigenvalue weighted by Crippen LogP contribution is -2.27. The molecule has 0 atom stereocenters. The normalized spacial score (nSPS) is 12.0. The molecule has 0 amide bonds. The van der Waals surface area contributed by atoms with E-state index in [4.69, 9.17) is 5.73 Å². The molecule has 0 bridgehead atoms. The maximum absolute atomic E-state index is 12.7. The van der Waals surface area contributed by atoms with Crippen molar-refractivity contribution in [3.8, 4) is 0 Å². The number of benzene rings is 1. The Kier molecular flexibility index (Phi) is 4.36. The van der Waals surface area contributed by atoms with Crippen molar-refractivity contribution in [1.82, 2.24) is 9.29 Å². The highest BCUT2D eigenvalue weighted by Gasteiger charge is 2.24.